The smallest absolute Gasteiger partial charge is 0.269 e. The summed E-state index contributed by atoms with van der Waals surface area (Å²) in [6, 6.07) is 20.9. The molecule has 2 aliphatic rings. The molecule has 34 heavy (non-hydrogen) atoms. The Bertz CT molecular complexity index is 1300. The number of fused-ring (bicyclic) bond motifs is 2. The number of hydrogen-bond donors (Lipinski definition) is 1. The van der Waals surface area contributed by atoms with Gasteiger partial charge >= 0.3 is 0 Å². The van der Waals surface area contributed by atoms with Gasteiger partial charge in [0.1, 0.15) is 6.54 Å². The number of amides is 3. The van der Waals surface area contributed by atoms with Crippen molar-refractivity contribution in [3.05, 3.63) is 89.0 Å². The minimum atomic E-state index is -1.22. The molecular weight excluding hydrogens is 446 g/mol. The quantitative estimate of drug-likeness (QED) is 0.607. The van der Waals surface area contributed by atoms with E-state index in [-0.39, 0.29) is 30.0 Å². The molecule has 3 aromatic carbocycles. The van der Waals surface area contributed by atoms with Crippen molar-refractivity contribution in [1.29, 1.82) is 0 Å². The molecule has 1 unspecified atom stereocenters. The molecule has 1 N–H and O–H groups in total. The number of anilines is 3. The lowest BCUT2D eigenvalue weighted by Gasteiger charge is -2.33. The number of carbonyl (C=O) groups excluding carboxylic acids is 3. The maximum Gasteiger partial charge on any atom is 0.269 e. The number of nitrogens with one attached hydrogen (secondary N) is 1. The van der Waals surface area contributed by atoms with Gasteiger partial charge in [-0.3, -0.25) is 24.2 Å². The van der Waals surface area contributed by atoms with E-state index in [1.165, 1.54) is 16.7 Å². The molecule has 0 bridgehead atoms. The Hall–Kier alpha value is -3.58. The van der Waals surface area contributed by atoms with Gasteiger partial charge in [0, 0.05) is 16.9 Å². The van der Waals surface area contributed by atoms with E-state index in [4.69, 9.17) is 0 Å². The molecule has 7 heteroatoms. The summed E-state index contributed by atoms with van der Waals surface area (Å²) in [5, 5.41) is 2.92. The average Bonchev–Trinajstić information content (AvgIpc) is 3.25. The summed E-state index contributed by atoms with van der Waals surface area (Å²) in [6.45, 7) is 5.79. The highest BCUT2D eigenvalue weighted by Crippen LogP contribution is 2.55. The number of aryl methyl sites for hydroxylation is 3. The first-order chi connectivity index (χ1) is 16.3. The lowest BCUT2D eigenvalue weighted by atomic mass is 10.0. The topological polar surface area (TPSA) is 69.7 Å². The third kappa shape index (κ3) is 3.56. The van der Waals surface area contributed by atoms with Crippen molar-refractivity contribution in [2.45, 2.75) is 25.6 Å². The van der Waals surface area contributed by atoms with E-state index in [2.05, 4.69) is 5.32 Å². The second-order valence-electron chi connectivity index (χ2n) is 8.83. The fourth-order valence-corrected chi connectivity index (χ4v) is 6.16. The fraction of sp³-hybridized carbons (Fsp3) is 0.222. The number of hydrogen-bond acceptors (Lipinski definition) is 4. The van der Waals surface area contributed by atoms with E-state index in [9.17, 15) is 14.4 Å². The highest BCUT2D eigenvalue weighted by atomic mass is 32.2. The van der Waals surface area contributed by atoms with Crippen molar-refractivity contribution in [2.24, 2.45) is 0 Å². The summed E-state index contributed by atoms with van der Waals surface area (Å²) in [7, 11) is 0. The molecule has 0 radical (unpaired) electrons. The summed E-state index contributed by atoms with van der Waals surface area (Å²) in [6.07, 6.45) is 0. The zero-order valence-electron chi connectivity index (χ0n) is 19.3. The Balaban J connectivity index is 1.50. The molecule has 1 atom stereocenters. The van der Waals surface area contributed by atoms with Crippen LogP contribution in [0.15, 0.2) is 66.7 Å². The zero-order valence-corrected chi connectivity index (χ0v) is 20.1. The van der Waals surface area contributed by atoms with E-state index in [1.54, 1.807) is 4.90 Å². The Morgan fingerprint density at radius 1 is 0.941 bits per heavy atom. The Kier molecular flexibility index (Phi) is 5.44. The van der Waals surface area contributed by atoms with E-state index < -0.39 is 4.87 Å². The summed E-state index contributed by atoms with van der Waals surface area (Å²) in [4.78, 5) is 42.0. The van der Waals surface area contributed by atoms with Crippen LogP contribution in [-0.2, 0) is 19.3 Å². The van der Waals surface area contributed by atoms with Gasteiger partial charge in [-0.1, -0.05) is 42.0 Å². The molecule has 2 heterocycles. The van der Waals surface area contributed by atoms with E-state index in [1.807, 2.05) is 87.5 Å². The summed E-state index contributed by atoms with van der Waals surface area (Å²) in [5.41, 5.74) is 5.92. The van der Waals surface area contributed by atoms with Crippen molar-refractivity contribution in [3.63, 3.8) is 0 Å². The minimum absolute atomic E-state index is 0.126. The third-order valence-corrected chi connectivity index (χ3v) is 7.55. The van der Waals surface area contributed by atoms with Crippen LogP contribution in [0.25, 0.3) is 0 Å². The molecule has 3 amide bonds. The van der Waals surface area contributed by atoms with Crippen LogP contribution in [0.2, 0.25) is 0 Å². The summed E-state index contributed by atoms with van der Waals surface area (Å²) in [5.74, 6) is -0.503. The third-order valence-electron chi connectivity index (χ3n) is 6.16. The molecular formula is C27H25N3O3S. The van der Waals surface area contributed by atoms with Gasteiger partial charge in [0.15, 0.2) is 0 Å². The Morgan fingerprint density at radius 2 is 1.62 bits per heavy atom. The van der Waals surface area contributed by atoms with Crippen LogP contribution in [0.1, 0.15) is 22.3 Å². The predicted octanol–water partition coefficient (Wildman–Crippen LogP) is 4.53. The van der Waals surface area contributed by atoms with Crippen molar-refractivity contribution in [2.75, 3.05) is 27.4 Å². The highest BCUT2D eigenvalue weighted by Gasteiger charge is 2.61. The maximum atomic E-state index is 14.0. The molecule has 1 saturated heterocycles. The first-order valence-electron chi connectivity index (χ1n) is 11.1. The van der Waals surface area contributed by atoms with Crippen LogP contribution in [0.4, 0.5) is 17.1 Å². The zero-order chi connectivity index (χ0) is 24.0. The molecule has 1 spiro atoms. The van der Waals surface area contributed by atoms with E-state index >= 15 is 0 Å². The van der Waals surface area contributed by atoms with Gasteiger partial charge in [0.05, 0.1) is 11.4 Å². The van der Waals surface area contributed by atoms with Gasteiger partial charge in [-0.15, -0.1) is 11.8 Å². The van der Waals surface area contributed by atoms with E-state index in [0.29, 0.717) is 17.1 Å². The van der Waals surface area contributed by atoms with Gasteiger partial charge in [0.2, 0.25) is 16.7 Å². The molecule has 0 saturated carbocycles. The van der Waals surface area contributed by atoms with Crippen molar-refractivity contribution >= 4 is 46.5 Å². The SMILES string of the molecule is Cc1ccc(N2C(=O)CSC23C(=O)N(CC(=O)Nc2cc(C)cc(C)c2)c2ccccc23)cc1. The second-order valence-corrected chi connectivity index (χ2v) is 10.00. The normalized spacial score (nSPS) is 19.1. The monoisotopic (exact) mass is 471 g/mol. The summed E-state index contributed by atoms with van der Waals surface area (Å²) < 4.78 is 0. The molecule has 3 aromatic rings. The fourth-order valence-electron chi connectivity index (χ4n) is 4.80. The van der Waals surface area contributed by atoms with Crippen LogP contribution in [0, 0.1) is 20.8 Å². The standard InChI is InChI=1S/C27H25N3O3S/c1-17-8-10-21(11-9-17)30-25(32)16-34-27(30)22-6-4-5-7-23(22)29(26(27)33)15-24(31)28-20-13-18(2)12-19(3)14-20/h4-14H,15-16H2,1-3H3,(H,28,31). The van der Waals surface area contributed by atoms with Gasteiger partial charge in [-0.25, -0.2) is 0 Å². The van der Waals surface area contributed by atoms with Crippen LogP contribution < -0.4 is 15.1 Å². The van der Waals surface area contributed by atoms with E-state index in [0.717, 1.165) is 22.3 Å². The highest BCUT2D eigenvalue weighted by molar-refractivity contribution is 8.02. The second kappa shape index (κ2) is 8.33. The molecule has 1 fully saturated rings. The lowest BCUT2D eigenvalue weighted by Crippen LogP contribution is -2.50. The number of benzene rings is 3. The van der Waals surface area contributed by atoms with Gasteiger partial charge in [0.25, 0.3) is 5.91 Å². The van der Waals surface area contributed by atoms with Crippen molar-refractivity contribution in [1.82, 2.24) is 0 Å². The van der Waals surface area contributed by atoms with Crippen molar-refractivity contribution < 1.29 is 14.4 Å². The first kappa shape index (κ1) is 22.2. The molecule has 6 nitrogen and oxygen atoms in total. The Morgan fingerprint density at radius 3 is 2.32 bits per heavy atom. The molecule has 0 aromatic heterocycles. The number of para-hydroxylation sites is 1. The number of rotatable bonds is 4. The van der Waals surface area contributed by atoms with Crippen LogP contribution in [-0.4, -0.2) is 30.0 Å². The van der Waals surface area contributed by atoms with Gasteiger partial charge < -0.3 is 5.32 Å². The minimum Gasteiger partial charge on any atom is -0.325 e. The first-order valence-corrected chi connectivity index (χ1v) is 12.1. The number of carbonyl (C=O) groups is 3. The number of thioether (sulfide) groups is 1. The maximum absolute atomic E-state index is 14.0. The Labute approximate surface area is 202 Å². The van der Waals surface area contributed by atoms with Crippen LogP contribution in [0.3, 0.4) is 0 Å². The van der Waals surface area contributed by atoms with Crippen LogP contribution in [0.5, 0.6) is 0 Å². The predicted molar refractivity (Wildman–Crippen MR) is 136 cm³/mol. The number of nitrogens with zero attached hydrogens (tertiary/aromatic N) is 2. The van der Waals surface area contributed by atoms with Crippen molar-refractivity contribution in [3.8, 4) is 0 Å². The molecule has 172 valence electrons. The molecule has 0 aliphatic carbocycles. The van der Waals surface area contributed by atoms with Gasteiger partial charge in [-0.05, 0) is 62.2 Å². The lowest BCUT2D eigenvalue weighted by molar-refractivity contribution is -0.124. The van der Waals surface area contributed by atoms with Crippen LogP contribution >= 0.6 is 11.8 Å². The molecule has 2 aliphatic heterocycles. The van der Waals surface area contributed by atoms with Gasteiger partial charge in [-0.2, -0.15) is 0 Å². The summed E-state index contributed by atoms with van der Waals surface area (Å²) >= 11 is 1.31. The largest absolute Gasteiger partial charge is 0.325 e. The average molecular weight is 472 g/mol. The molecule has 5 rings (SSSR count).